The van der Waals surface area contributed by atoms with Crippen LogP contribution in [0.2, 0.25) is 0 Å². The highest BCUT2D eigenvalue weighted by molar-refractivity contribution is 5.49. The van der Waals surface area contributed by atoms with Gasteiger partial charge in [0.15, 0.2) is 0 Å². The molecule has 0 spiro atoms. The predicted molar refractivity (Wildman–Crippen MR) is 82.9 cm³/mol. The van der Waals surface area contributed by atoms with Crippen LogP contribution in [-0.4, -0.2) is 13.1 Å². The van der Waals surface area contributed by atoms with Crippen LogP contribution in [0, 0.1) is 5.92 Å². The Labute approximate surface area is 118 Å². The number of nitrogens with zero attached hydrogens (tertiary/aromatic N) is 1. The molecule has 0 unspecified atom stereocenters. The van der Waals surface area contributed by atoms with Crippen LogP contribution in [0.25, 0.3) is 0 Å². The van der Waals surface area contributed by atoms with E-state index in [0.29, 0.717) is 0 Å². The van der Waals surface area contributed by atoms with Gasteiger partial charge in [-0.1, -0.05) is 31.9 Å². The third kappa shape index (κ3) is 3.13. The molecule has 2 aliphatic rings. The van der Waals surface area contributed by atoms with Crippen molar-refractivity contribution < 1.29 is 0 Å². The molecule has 0 amide bonds. The van der Waals surface area contributed by atoms with Crippen molar-refractivity contribution in [1.29, 1.82) is 0 Å². The van der Waals surface area contributed by atoms with Gasteiger partial charge in [-0.25, -0.2) is 0 Å². The maximum absolute atomic E-state index is 2.58. The van der Waals surface area contributed by atoms with Gasteiger partial charge in [-0.05, 0) is 61.6 Å². The number of benzene rings is 1. The van der Waals surface area contributed by atoms with Gasteiger partial charge in [0.2, 0.25) is 0 Å². The smallest absolute Gasteiger partial charge is 0.0369 e. The van der Waals surface area contributed by atoms with Crippen molar-refractivity contribution in [3.63, 3.8) is 0 Å². The van der Waals surface area contributed by atoms with E-state index < -0.39 is 0 Å². The van der Waals surface area contributed by atoms with E-state index in [4.69, 9.17) is 0 Å². The van der Waals surface area contributed by atoms with Gasteiger partial charge in [0.25, 0.3) is 0 Å². The van der Waals surface area contributed by atoms with E-state index in [1.807, 2.05) is 0 Å². The summed E-state index contributed by atoms with van der Waals surface area (Å²) in [4.78, 5) is 2.58. The second-order valence-corrected chi connectivity index (χ2v) is 6.60. The molecule has 2 fully saturated rings. The highest BCUT2D eigenvalue weighted by Gasteiger charge is 2.20. The minimum atomic E-state index is 0.820. The first kappa shape index (κ1) is 13.0. The van der Waals surface area contributed by atoms with E-state index in [2.05, 4.69) is 36.1 Å². The Kier molecular flexibility index (Phi) is 4.10. The first-order chi connectivity index (χ1) is 9.33. The summed E-state index contributed by atoms with van der Waals surface area (Å²) < 4.78 is 0. The van der Waals surface area contributed by atoms with Gasteiger partial charge in [0, 0.05) is 18.8 Å². The monoisotopic (exact) mass is 257 g/mol. The molecule has 1 heterocycles. The summed E-state index contributed by atoms with van der Waals surface area (Å²) in [7, 11) is 0. The third-order valence-corrected chi connectivity index (χ3v) is 5.08. The van der Waals surface area contributed by atoms with Crippen LogP contribution in [0.15, 0.2) is 24.3 Å². The average Bonchev–Trinajstić information content (AvgIpc) is 2.49. The molecule has 19 heavy (non-hydrogen) atoms. The quantitative estimate of drug-likeness (QED) is 0.723. The number of hydrogen-bond donors (Lipinski definition) is 0. The van der Waals surface area contributed by atoms with Crippen LogP contribution in [0.1, 0.15) is 63.4 Å². The van der Waals surface area contributed by atoms with E-state index >= 15 is 0 Å². The fraction of sp³-hybridized carbons (Fsp3) is 0.667. The van der Waals surface area contributed by atoms with E-state index in [1.54, 1.807) is 5.56 Å². The van der Waals surface area contributed by atoms with Gasteiger partial charge in [-0.2, -0.15) is 0 Å². The van der Waals surface area contributed by atoms with E-state index in [9.17, 15) is 0 Å². The van der Waals surface area contributed by atoms with Crippen molar-refractivity contribution in [3.8, 4) is 0 Å². The van der Waals surface area contributed by atoms with Crippen molar-refractivity contribution in [2.75, 3.05) is 18.0 Å². The minimum absolute atomic E-state index is 0.820. The largest absolute Gasteiger partial charge is 0.372 e. The number of piperidine rings is 1. The lowest BCUT2D eigenvalue weighted by Gasteiger charge is -2.31. The van der Waals surface area contributed by atoms with Crippen LogP contribution in [0.4, 0.5) is 5.69 Å². The zero-order valence-electron chi connectivity index (χ0n) is 12.3. The van der Waals surface area contributed by atoms with Crippen molar-refractivity contribution in [2.24, 2.45) is 5.92 Å². The summed E-state index contributed by atoms with van der Waals surface area (Å²) in [6.07, 6.45) is 9.76. The summed E-state index contributed by atoms with van der Waals surface area (Å²) in [5.41, 5.74) is 3.06. The first-order valence-electron chi connectivity index (χ1n) is 8.18. The number of anilines is 1. The summed E-state index contributed by atoms with van der Waals surface area (Å²) in [5.74, 6) is 1.77. The Morgan fingerprint density at radius 2 is 1.68 bits per heavy atom. The maximum Gasteiger partial charge on any atom is 0.0369 e. The SMILES string of the molecule is CC1CCC(c2cccc(N3CCCCC3)c2)CC1. The number of rotatable bonds is 2. The van der Waals surface area contributed by atoms with Crippen molar-refractivity contribution in [3.05, 3.63) is 29.8 Å². The molecule has 0 N–H and O–H groups in total. The molecular weight excluding hydrogens is 230 g/mol. The van der Waals surface area contributed by atoms with Gasteiger partial charge >= 0.3 is 0 Å². The van der Waals surface area contributed by atoms with Gasteiger partial charge in [0.05, 0.1) is 0 Å². The minimum Gasteiger partial charge on any atom is -0.372 e. The van der Waals surface area contributed by atoms with Crippen LogP contribution >= 0.6 is 0 Å². The molecule has 0 bridgehead atoms. The molecular formula is C18H27N. The Hall–Kier alpha value is -0.980. The van der Waals surface area contributed by atoms with Crippen molar-refractivity contribution >= 4 is 5.69 Å². The Bertz CT molecular complexity index is 398. The third-order valence-electron chi connectivity index (χ3n) is 5.08. The molecule has 0 aromatic heterocycles. The van der Waals surface area contributed by atoms with E-state index in [1.165, 1.54) is 63.7 Å². The first-order valence-corrected chi connectivity index (χ1v) is 8.18. The molecule has 1 aliphatic heterocycles. The zero-order chi connectivity index (χ0) is 13.1. The summed E-state index contributed by atoms with van der Waals surface area (Å²) in [6.45, 7) is 4.91. The standard InChI is InChI=1S/C18H27N/c1-15-8-10-16(11-9-15)17-6-5-7-18(14-17)19-12-3-2-4-13-19/h5-7,14-16H,2-4,8-13H2,1H3. The van der Waals surface area contributed by atoms with Crippen LogP contribution < -0.4 is 4.90 Å². The second-order valence-electron chi connectivity index (χ2n) is 6.60. The Morgan fingerprint density at radius 3 is 2.42 bits per heavy atom. The maximum atomic E-state index is 2.58. The normalized spacial score (nSPS) is 28.4. The van der Waals surface area contributed by atoms with Crippen LogP contribution in [-0.2, 0) is 0 Å². The summed E-state index contributed by atoms with van der Waals surface area (Å²) in [6, 6.07) is 9.41. The number of hydrogen-bond acceptors (Lipinski definition) is 1. The molecule has 0 atom stereocenters. The molecule has 0 radical (unpaired) electrons. The topological polar surface area (TPSA) is 3.24 Å². The van der Waals surface area contributed by atoms with Crippen molar-refractivity contribution in [2.45, 2.75) is 57.8 Å². The van der Waals surface area contributed by atoms with E-state index in [0.717, 1.165) is 11.8 Å². The predicted octanol–water partition coefficient (Wildman–Crippen LogP) is 4.97. The molecule has 1 heteroatoms. The molecule has 1 aromatic carbocycles. The fourth-order valence-corrected chi connectivity index (χ4v) is 3.72. The lowest BCUT2D eigenvalue weighted by molar-refractivity contribution is 0.348. The summed E-state index contributed by atoms with van der Waals surface area (Å²) in [5, 5.41) is 0. The van der Waals surface area contributed by atoms with Gasteiger partial charge in [-0.3, -0.25) is 0 Å². The Balaban J connectivity index is 1.72. The average molecular weight is 257 g/mol. The lowest BCUT2D eigenvalue weighted by Crippen LogP contribution is -2.29. The zero-order valence-corrected chi connectivity index (χ0v) is 12.3. The van der Waals surface area contributed by atoms with Crippen molar-refractivity contribution in [1.82, 2.24) is 0 Å². The second kappa shape index (κ2) is 5.98. The summed E-state index contributed by atoms with van der Waals surface area (Å²) >= 11 is 0. The molecule has 1 aliphatic carbocycles. The molecule has 1 saturated heterocycles. The van der Waals surface area contributed by atoms with Crippen LogP contribution in [0.3, 0.4) is 0 Å². The van der Waals surface area contributed by atoms with Gasteiger partial charge in [0.1, 0.15) is 0 Å². The molecule has 1 saturated carbocycles. The van der Waals surface area contributed by atoms with Gasteiger partial charge in [-0.15, -0.1) is 0 Å². The Morgan fingerprint density at radius 1 is 0.947 bits per heavy atom. The molecule has 104 valence electrons. The highest BCUT2D eigenvalue weighted by atomic mass is 15.1. The van der Waals surface area contributed by atoms with E-state index in [-0.39, 0.29) is 0 Å². The molecule has 3 rings (SSSR count). The highest BCUT2D eigenvalue weighted by Crippen LogP contribution is 2.36. The van der Waals surface area contributed by atoms with Crippen LogP contribution in [0.5, 0.6) is 0 Å². The fourth-order valence-electron chi connectivity index (χ4n) is 3.72. The van der Waals surface area contributed by atoms with Gasteiger partial charge < -0.3 is 4.90 Å². The molecule has 1 aromatic rings. The molecule has 1 nitrogen and oxygen atoms in total. The lowest BCUT2D eigenvalue weighted by atomic mass is 9.79.